The van der Waals surface area contributed by atoms with Gasteiger partial charge in [0.05, 0.1) is 0 Å². The highest BCUT2D eigenvalue weighted by atomic mass is 32.1. The van der Waals surface area contributed by atoms with Crippen molar-refractivity contribution in [3.05, 3.63) is 0 Å². The van der Waals surface area contributed by atoms with Gasteiger partial charge in [0.2, 0.25) is 0 Å². The average molecular weight is 74.0 g/mol. The second kappa shape index (κ2) is 1.71. The molecule has 0 N–H and O–H groups in total. The summed E-state index contributed by atoms with van der Waals surface area (Å²) in [4.78, 5) is 0. The minimum Gasteiger partial charge on any atom is -0.185 e. The molecule has 1 atom stereocenters. The van der Waals surface area contributed by atoms with Gasteiger partial charge in [-0.1, -0.05) is 6.92 Å². The molecule has 0 aliphatic heterocycles. The topological polar surface area (TPSA) is 0 Å². The van der Waals surface area contributed by atoms with Crippen molar-refractivity contribution in [3.63, 3.8) is 0 Å². The number of hydrogen-bond donors (Lipinski definition) is 1. The molecule has 4 heavy (non-hydrogen) atoms. The molecular formula is C2H7BS. The molecule has 0 spiro atoms. The summed E-state index contributed by atoms with van der Waals surface area (Å²) in [6.45, 7) is 2.03. The van der Waals surface area contributed by atoms with Gasteiger partial charge in [-0.3, -0.25) is 0 Å². The fraction of sp³-hybridized carbons (Fsp3) is 1.00. The largest absolute Gasteiger partial charge is 0.185 e. The molecule has 0 unspecified atom stereocenters. The van der Waals surface area contributed by atoms with Crippen molar-refractivity contribution in [2.75, 3.05) is 0 Å². The third-order valence-electron chi connectivity index (χ3n) is 0. The van der Waals surface area contributed by atoms with Gasteiger partial charge in [0.15, 0.2) is 0 Å². The second-order valence-corrected chi connectivity index (χ2v) is 2.13. The van der Waals surface area contributed by atoms with Gasteiger partial charge >= 0.3 is 0 Å². The van der Waals surface area contributed by atoms with Crippen LogP contribution in [0.3, 0.4) is 0 Å². The van der Waals surface area contributed by atoms with E-state index in [1.54, 1.807) is 0 Å². The first-order valence-corrected chi connectivity index (χ1v) is 1.93. The van der Waals surface area contributed by atoms with Gasteiger partial charge < -0.3 is 0 Å². The summed E-state index contributed by atoms with van der Waals surface area (Å²) in [5.74, 6) is 0. The van der Waals surface area contributed by atoms with Crippen molar-refractivity contribution in [3.8, 4) is 0 Å². The van der Waals surface area contributed by atoms with Crippen LogP contribution in [0.25, 0.3) is 0 Å². The standard InChI is InChI=1S/C2H7BS/c1-2(3)4/h2,4H,3H2,1H3/t2-/m0/s1. The summed E-state index contributed by atoms with van der Waals surface area (Å²) in [6.07, 6.45) is 0. The Balaban J connectivity index is 2.32. The van der Waals surface area contributed by atoms with Crippen LogP contribution >= 0.6 is 12.6 Å². The van der Waals surface area contributed by atoms with E-state index >= 15 is 0 Å². The zero-order valence-electron chi connectivity index (χ0n) is 3.02. The number of rotatable bonds is 0. The Labute approximate surface area is 33.4 Å². The summed E-state index contributed by atoms with van der Waals surface area (Å²) in [5, 5.41) is 0.528. The maximum Gasteiger partial charge on any atom is 0.117 e. The molecule has 24 valence electrons. The van der Waals surface area contributed by atoms with E-state index < -0.39 is 0 Å². The quantitative estimate of drug-likeness (QED) is 0.301. The summed E-state index contributed by atoms with van der Waals surface area (Å²) < 4.78 is 0. The monoisotopic (exact) mass is 74.0 g/mol. The highest BCUT2D eigenvalue weighted by Crippen LogP contribution is 1.77. The first kappa shape index (κ1) is 4.41. The number of hydrogen-bond acceptors (Lipinski definition) is 1. The zero-order chi connectivity index (χ0) is 3.58. The van der Waals surface area contributed by atoms with Gasteiger partial charge in [0.1, 0.15) is 7.85 Å². The van der Waals surface area contributed by atoms with Crippen LogP contribution in [-0.2, 0) is 0 Å². The summed E-state index contributed by atoms with van der Waals surface area (Å²) in [6, 6.07) is 0. The van der Waals surface area contributed by atoms with Gasteiger partial charge in [-0.2, -0.15) is 12.6 Å². The summed E-state index contributed by atoms with van der Waals surface area (Å²) in [7, 11) is 2.03. The SMILES string of the molecule is B[C@H](C)S. The lowest BCUT2D eigenvalue weighted by Gasteiger charge is -1.77. The molecule has 2 heteroatoms. The van der Waals surface area contributed by atoms with Crippen LogP contribution in [0.1, 0.15) is 6.92 Å². The Morgan fingerprint density at radius 1 is 2.00 bits per heavy atom. The van der Waals surface area contributed by atoms with Crippen LogP contribution in [0.2, 0.25) is 0 Å². The lowest BCUT2D eigenvalue weighted by atomic mass is 10.1. The first-order chi connectivity index (χ1) is 1.73. The Morgan fingerprint density at radius 2 is 2.00 bits per heavy atom. The Morgan fingerprint density at radius 3 is 2.00 bits per heavy atom. The maximum absolute atomic E-state index is 3.97. The Hall–Kier alpha value is 0.415. The molecule has 0 aromatic carbocycles. The van der Waals surface area contributed by atoms with E-state index in [1.807, 2.05) is 14.8 Å². The maximum atomic E-state index is 3.97. The molecule has 0 nitrogen and oxygen atoms in total. The molecule has 0 amide bonds. The Bertz CT molecular complexity index is 10.8. The lowest BCUT2D eigenvalue weighted by molar-refractivity contribution is 1.42. The predicted octanol–water partition coefficient (Wildman–Crippen LogP) is -0.105. The van der Waals surface area contributed by atoms with Gasteiger partial charge in [0.25, 0.3) is 0 Å². The van der Waals surface area contributed by atoms with Crippen molar-refractivity contribution in [1.82, 2.24) is 0 Å². The third-order valence-corrected chi connectivity index (χ3v) is 0. The summed E-state index contributed by atoms with van der Waals surface area (Å²) >= 11 is 3.97. The normalized spacial score (nSPS) is 15.5. The van der Waals surface area contributed by atoms with Crippen LogP contribution in [0, 0.1) is 0 Å². The van der Waals surface area contributed by atoms with E-state index in [4.69, 9.17) is 0 Å². The van der Waals surface area contributed by atoms with Gasteiger partial charge in [0, 0.05) is 0 Å². The highest BCUT2D eigenvalue weighted by molar-refractivity contribution is 7.82. The van der Waals surface area contributed by atoms with Crippen LogP contribution in [0.5, 0.6) is 0 Å². The third kappa shape index (κ3) is 28.1. The smallest absolute Gasteiger partial charge is 0.117 e. The van der Waals surface area contributed by atoms with E-state index in [2.05, 4.69) is 12.6 Å². The van der Waals surface area contributed by atoms with Gasteiger partial charge in [-0.25, -0.2) is 0 Å². The molecule has 0 bridgehead atoms. The summed E-state index contributed by atoms with van der Waals surface area (Å²) in [5.41, 5.74) is 0. The van der Waals surface area contributed by atoms with E-state index in [1.165, 1.54) is 0 Å². The Kier molecular flexibility index (Phi) is 1.88. The second-order valence-electron chi connectivity index (χ2n) is 1.09. The highest BCUT2D eigenvalue weighted by Gasteiger charge is 1.70. The molecule has 0 aliphatic carbocycles. The molecule has 0 heterocycles. The van der Waals surface area contributed by atoms with E-state index in [0.717, 1.165) is 0 Å². The van der Waals surface area contributed by atoms with Crippen LogP contribution < -0.4 is 0 Å². The minimum atomic E-state index is 0.528. The van der Waals surface area contributed by atoms with E-state index in [9.17, 15) is 0 Å². The first-order valence-electron chi connectivity index (χ1n) is 1.41. The molecule has 0 rings (SSSR count). The fourth-order valence-corrected chi connectivity index (χ4v) is 0. The van der Waals surface area contributed by atoms with Gasteiger partial charge in [-0.05, 0) is 5.15 Å². The van der Waals surface area contributed by atoms with Crippen molar-refractivity contribution >= 4 is 20.5 Å². The molecule has 0 radical (unpaired) electrons. The average Bonchev–Trinajstić information content (AvgIpc) is 0.811. The van der Waals surface area contributed by atoms with Crippen LogP contribution in [-0.4, -0.2) is 13.0 Å². The fourth-order valence-electron chi connectivity index (χ4n) is 0. The molecule has 0 aromatic rings. The molecule has 0 fully saturated rings. The van der Waals surface area contributed by atoms with Crippen molar-refractivity contribution in [2.45, 2.75) is 12.1 Å². The molecule has 0 saturated carbocycles. The predicted molar refractivity (Wildman–Crippen MR) is 27.0 cm³/mol. The zero-order valence-corrected chi connectivity index (χ0v) is 3.92. The van der Waals surface area contributed by atoms with E-state index in [0.29, 0.717) is 5.15 Å². The van der Waals surface area contributed by atoms with Crippen LogP contribution in [0.15, 0.2) is 0 Å². The van der Waals surface area contributed by atoms with Crippen molar-refractivity contribution in [1.29, 1.82) is 0 Å². The van der Waals surface area contributed by atoms with Crippen LogP contribution in [0.4, 0.5) is 0 Å². The molecule has 0 saturated heterocycles. The molecular weight excluding hydrogens is 66.9 g/mol. The van der Waals surface area contributed by atoms with Crippen molar-refractivity contribution in [2.24, 2.45) is 0 Å². The molecule has 0 aliphatic rings. The van der Waals surface area contributed by atoms with E-state index in [-0.39, 0.29) is 0 Å². The van der Waals surface area contributed by atoms with Gasteiger partial charge in [-0.15, -0.1) is 0 Å². The van der Waals surface area contributed by atoms with Crippen molar-refractivity contribution < 1.29 is 0 Å². The number of thiol groups is 1. The lowest BCUT2D eigenvalue weighted by Crippen LogP contribution is -1.82. The minimum absolute atomic E-state index is 0.528. The molecule has 0 aromatic heterocycles.